The van der Waals surface area contributed by atoms with E-state index in [1.807, 2.05) is 29.9 Å². The average molecular weight is 309 g/mol. The summed E-state index contributed by atoms with van der Waals surface area (Å²) < 4.78 is 31.0. The predicted octanol–water partition coefficient (Wildman–Crippen LogP) is 1.27. The van der Waals surface area contributed by atoms with Gasteiger partial charge in [0.15, 0.2) is 9.84 Å². The highest BCUT2D eigenvalue weighted by Gasteiger charge is 2.29. The van der Waals surface area contributed by atoms with Crippen molar-refractivity contribution < 1.29 is 12.8 Å². The topological polar surface area (TPSA) is 77.1 Å². The molecular weight excluding hydrogens is 290 g/mol. The number of sulfone groups is 1. The zero-order chi connectivity index (χ0) is 14.9. The van der Waals surface area contributed by atoms with E-state index in [0.29, 0.717) is 12.2 Å². The molecule has 1 N–H and O–H groups in total. The lowest BCUT2D eigenvalue weighted by Crippen LogP contribution is -2.42. The van der Waals surface area contributed by atoms with Crippen LogP contribution >= 0.6 is 0 Å². The molecule has 3 heterocycles. The van der Waals surface area contributed by atoms with Crippen LogP contribution in [0, 0.1) is 0 Å². The minimum atomic E-state index is -2.95. The third-order valence-corrected chi connectivity index (χ3v) is 5.63. The summed E-state index contributed by atoms with van der Waals surface area (Å²) in [5.74, 6) is 2.02. The number of hydrogen-bond donors (Lipinski definition) is 1. The number of nitrogens with one attached hydrogen (secondary N) is 1. The Balaban J connectivity index is 1.85. The molecule has 6 nitrogen and oxygen atoms in total. The number of aromatic nitrogens is 2. The molecule has 2 unspecified atom stereocenters. The molecule has 0 amide bonds. The Labute approximate surface area is 124 Å². The second-order valence-electron chi connectivity index (χ2n) is 5.46. The van der Waals surface area contributed by atoms with Crippen LogP contribution in [0.2, 0.25) is 0 Å². The monoisotopic (exact) mass is 309 g/mol. The van der Waals surface area contributed by atoms with Crippen molar-refractivity contribution in [2.75, 3.05) is 11.5 Å². The van der Waals surface area contributed by atoms with E-state index >= 15 is 0 Å². The third-order valence-electron chi connectivity index (χ3n) is 3.81. The van der Waals surface area contributed by atoms with Crippen LogP contribution in [-0.4, -0.2) is 35.5 Å². The van der Waals surface area contributed by atoms with Crippen LogP contribution in [0.1, 0.15) is 30.5 Å². The third kappa shape index (κ3) is 3.19. The summed E-state index contributed by atoms with van der Waals surface area (Å²) in [7, 11) is -1.03. The second-order valence-corrected chi connectivity index (χ2v) is 7.69. The van der Waals surface area contributed by atoms with E-state index in [1.165, 1.54) is 0 Å². The van der Waals surface area contributed by atoms with Crippen molar-refractivity contribution in [3.05, 3.63) is 42.4 Å². The molecule has 0 aliphatic carbocycles. The molecule has 3 rings (SSSR count). The minimum absolute atomic E-state index is 0.0736. The maximum atomic E-state index is 11.8. The molecule has 21 heavy (non-hydrogen) atoms. The van der Waals surface area contributed by atoms with E-state index in [0.717, 1.165) is 18.0 Å². The van der Waals surface area contributed by atoms with Crippen LogP contribution in [0.3, 0.4) is 0 Å². The molecule has 0 radical (unpaired) electrons. The van der Waals surface area contributed by atoms with Crippen LogP contribution < -0.4 is 5.32 Å². The van der Waals surface area contributed by atoms with Gasteiger partial charge in [0.2, 0.25) is 0 Å². The van der Waals surface area contributed by atoms with Crippen LogP contribution in [-0.2, 0) is 16.9 Å². The molecule has 7 heteroatoms. The number of nitrogens with zero attached hydrogens (tertiary/aromatic N) is 2. The fraction of sp³-hybridized carbons (Fsp3) is 0.500. The highest BCUT2D eigenvalue weighted by atomic mass is 32.2. The maximum Gasteiger partial charge on any atom is 0.151 e. The van der Waals surface area contributed by atoms with E-state index in [-0.39, 0.29) is 17.8 Å². The molecule has 0 aromatic carbocycles. The summed E-state index contributed by atoms with van der Waals surface area (Å²) in [4.78, 5) is 4.36. The SMILES string of the molecule is Cn1ccnc1C(NC1CCCS(=O)(=O)C1)c1ccco1. The van der Waals surface area contributed by atoms with E-state index in [1.54, 1.807) is 12.5 Å². The highest BCUT2D eigenvalue weighted by molar-refractivity contribution is 7.91. The molecule has 1 aliphatic rings. The number of aryl methyl sites for hydroxylation is 1. The largest absolute Gasteiger partial charge is 0.467 e. The lowest BCUT2D eigenvalue weighted by molar-refractivity contribution is 0.382. The van der Waals surface area contributed by atoms with Gasteiger partial charge in [-0.1, -0.05) is 0 Å². The van der Waals surface area contributed by atoms with Crippen molar-refractivity contribution in [3.8, 4) is 0 Å². The number of hydrogen-bond acceptors (Lipinski definition) is 5. The smallest absolute Gasteiger partial charge is 0.151 e. The normalized spacial score (nSPS) is 23.0. The van der Waals surface area contributed by atoms with Gasteiger partial charge < -0.3 is 8.98 Å². The number of rotatable bonds is 4. The zero-order valence-corrected chi connectivity index (χ0v) is 12.7. The van der Waals surface area contributed by atoms with Crippen LogP contribution in [0.25, 0.3) is 0 Å². The van der Waals surface area contributed by atoms with Gasteiger partial charge in [-0.3, -0.25) is 5.32 Å². The summed E-state index contributed by atoms with van der Waals surface area (Å²) in [5.41, 5.74) is 0. The van der Waals surface area contributed by atoms with Gasteiger partial charge in [-0.15, -0.1) is 0 Å². The molecule has 2 aromatic heterocycles. The van der Waals surface area contributed by atoms with Gasteiger partial charge in [-0.2, -0.15) is 0 Å². The van der Waals surface area contributed by atoms with Crippen molar-refractivity contribution in [2.24, 2.45) is 7.05 Å². The van der Waals surface area contributed by atoms with E-state index in [9.17, 15) is 8.42 Å². The minimum Gasteiger partial charge on any atom is -0.467 e. The van der Waals surface area contributed by atoms with Crippen molar-refractivity contribution in [1.82, 2.24) is 14.9 Å². The lowest BCUT2D eigenvalue weighted by atomic mass is 10.1. The summed E-state index contributed by atoms with van der Waals surface area (Å²) in [6.45, 7) is 0. The molecule has 0 saturated carbocycles. The van der Waals surface area contributed by atoms with E-state index in [4.69, 9.17) is 4.42 Å². The summed E-state index contributed by atoms with van der Waals surface area (Å²) >= 11 is 0. The Morgan fingerprint density at radius 3 is 3.00 bits per heavy atom. The Hall–Kier alpha value is -1.60. The molecule has 114 valence electrons. The first kappa shape index (κ1) is 14.3. The van der Waals surface area contributed by atoms with Gasteiger partial charge in [0.25, 0.3) is 0 Å². The van der Waals surface area contributed by atoms with Gasteiger partial charge in [-0.05, 0) is 25.0 Å². The molecule has 2 aromatic rings. The zero-order valence-electron chi connectivity index (χ0n) is 11.9. The molecule has 1 aliphatic heterocycles. The average Bonchev–Trinajstić information content (AvgIpc) is 3.06. The Morgan fingerprint density at radius 1 is 1.52 bits per heavy atom. The van der Waals surface area contributed by atoms with Crippen molar-refractivity contribution in [3.63, 3.8) is 0 Å². The summed E-state index contributed by atoms with van der Waals surface area (Å²) in [6.07, 6.45) is 6.76. The van der Waals surface area contributed by atoms with Crippen molar-refractivity contribution in [2.45, 2.75) is 24.9 Å². The Morgan fingerprint density at radius 2 is 2.38 bits per heavy atom. The van der Waals surface area contributed by atoms with E-state index in [2.05, 4.69) is 10.3 Å². The first-order valence-corrected chi connectivity index (χ1v) is 8.84. The maximum absolute atomic E-state index is 11.8. The molecule has 2 atom stereocenters. The van der Waals surface area contributed by atoms with Crippen LogP contribution in [0.4, 0.5) is 0 Å². The number of furan rings is 1. The Kier molecular flexibility index (Phi) is 3.86. The van der Waals surface area contributed by atoms with Crippen LogP contribution in [0.15, 0.2) is 35.2 Å². The van der Waals surface area contributed by atoms with Gasteiger partial charge in [-0.25, -0.2) is 13.4 Å². The highest BCUT2D eigenvalue weighted by Crippen LogP contribution is 2.24. The standard InChI is InChI=1S/C14H19N3O3S/c1-17-7-6-15-14(17)13(12-5-2-8-20-12)16-11-4-3-9-21(18,19)10-11/h2,5-8,11,13,16H,3-4,9-10H2,1H3. The summed E-state index contributed by atoms with van der Waals surface area (Å²) in [5, 5.41) is 3.40. The van der Waals surface area contributed by atoms with Gasteiger partial charge >= 0.3 is 0 Å². The van der Waals surface area contributed by atoms with Crippen LogP contribution in [0.5, 0.6) is 0 Å². The quantitative estimate of drug-likeness (QED) is 0.920. The molecule has 1 saturated heterocycles. The van der Waals surface area contributed by atoms with E-state index < -0.39 is 9.84 Å². The Bertz CT molecular complexity index is 691. The first-order chi connectivity index (χ1) is 10.1. The second kappa shape index (κ2) is 5.65. The number of imidazole rings is 1. The van der Waals surface area contributed by atoms with Crippen molar-refractivity contribution in [1.29, 1.82) is 0 Å². The fourth-order valence-corrected chi connectivity index (χ4v) is 4.43. The molecule has 1 fully saturated rings. The fourth-order valence-electron chi connectivity index (χ4n) is 2.78. The van der Waals surface area contributed by atoms with Gasteiger partial charge in [0, 0.05) is 25.5 Å². The summed E-state index contributed by atoms with van der Waals surface area (Å²) in [6, 6.07) is 3.39. The van der Waals surface area contributed by atoms with Crippen molar-refractivity contribution >= 4 is 9.84 Å². The predicted molar refractivity (Wildman–Crippen MR) is 78.6 cm³/mol. The molecular formula is C14H19N3O3S. The molecule has 0 spiro atoms. The molecule has 0 bridgehead atoms. The first-order valence-electron chi connectivity index (χ1n) is 7.02. The lowest BCUT2D eigenvalue weighted by Gasteiger charge is -2.27. The van der Waals surface area contributed by atoms with Gasteiger partial charge in [0.1, 0.15) is 17.6 Å². The van der Waals surface area contributed by atoms with Gasteiger partial charge in [0.05, 0.1) is 17.8 Å².